The maximum atomic E-state index is 12.8. The predicted molar refractivity (Wildman–Crippen MR) is 44.1 cm³/mol. The first-order valence-corrected chi connectivity index (χ1v) is 3.93. The lowest BCUT2D eigenvalue weighted by atomic mass is 10.2. The summed E-state index contributed by atoms with van der Waals surface area (Å²) >= 11 is 2.58. The molecule has 0 N–H and O–H groups in total. The van der Waals surface area contributed by atoms with Gasteiger partial charge in [0.1, 0.15) is 0 Å². The van der Waals surface area contributed by atoms with Gasteiger partial charge in [0.15, 0.2) is 23.3 Å². The van der Waals surface area contributed by atoms with E-state index in [0.29, 0.717) is 0 Å². The SMILES string of the molecule is C=Cc1c(F)c(F)c(F)c(F)c1Br. The number of benzene rings is 1. The van der Waals surface area contributed by atoms with E-state index in [9.17, 15) is 17.6 Å². The molecule has 13 heavy (non-hydrogen) atoms. The van der Waals surface area contributed by atoms with Crippen LogP contribution in [-0.2, 0) is 0 Å². The molecule has 5 heteroatoms. The number of hydrogen-bond acceptors (Lipinski definition) is 0. The minimum Gasteiger partial charge on any atom is -0.203 e. The van der Waals surface area contributed by atoms with Crippen molar-refractivity contribution in [1.29, 1.82) is 0 Å². The fraction of sp³-hybridized carbons (Fsp3) is 0. The Morgan fingerprint density at radius 2 is 1.38 bits per heavy atom. The maximum absolute atomic E-state index is 12.8. The fourth-order valence-corrected chi connectivity index (χ4v) is 1.31. The van der Waals surface area contributed by atoms with E-state index in [1.165, 1.54) is 0 Å². The van der Waals surface area contributed by atoms with Gasteiger partial charge in [-0.05, 0) is 15.9 Å². The lowest BCUT2D eigenvalue weighted by molar-refractivity contribution is 0.405. The lowest BCUT2D eigenvalue weighted by Crippen LogP contribution is -2.00. The molecule has 0 saturated heterocycles. The van der Waals surface area contributed by atoms with Crippen LogP contribution in [-0.4, -0.2) is 0 Å². The third kappa shape index (κ3) is 1.48. The summed E-state index contributed by atoms with van der Waals surface area (Å²) in [5.41, 5.74) is -0.434. The molecule has 0 fully saturated rings. The van der Waals surface area contributed by atoms with E-state index in [-0.39, 0.29) is 0 Å². The van der Waals surface area contributed by atoms with Crippen molar-refractivity contribution >= 4 is 22.0 Å². The molecule has 0 aliphatic carbocycles. The van der Waals surface area contributed by atoms with Crippen LogP contribution in [0.1, 0.15) is 5.56 Å². The molecule has 1 aromatic rings. The number of rotatable bonds is 1. The molecule has 0 nitrogen and oxygen atoms in total. The first-order valence-electron chi connectivity index (χ1n) is 3.14. The van der Waals surface area contributed by atoms with E-state index < -0.39 is 33.3 Å². The second kappa shape index (κ2) is 3.49. The average Bonchev–Trinajstić information content (AvgIpc) is 2.13. The summed E-state index contributed by atoms with van der Waals surface area (Å²) in [6.45, 7) is 3.14. The van der Waals surface area contributed by atoms with Gasteiger partial charge in [0.25, 0.3) is 0 Å². The smallest absolute Gasteiger partial charge is 0.198 e. The van der Waals surface area contributed by atoms with Gasteiger partial charge in [-0.1, -0.05) is 12.7 Å². The van der Waals surface area contributed by atoms with Crippen LogP contribution in [0, 0.1) is 23.3 Å². The summed E-state index contributed by atoms with van der Waals surface area (Å²) in [6, 6.07) is 0. The molecule has 0 bridgehead atoms. The van der Waals surface area contributed by atoms with Gasteiger partial charge in [0.2, 0.25) is 0 Å². The zero-order valence-electron chi connectivity index (χ0n) is 6.17. The van der Waals surface area contributed by atoms with E-state index >= 15 is 0 Å². The van der Waals surface area contributed by atoms with Gasteiger partial charge in [-0.3, -0.25) is 0 Å². The van der Waals surface area contributed by atoms with E-state index in [4.69, 9.17) is 0 Å². The average molecular weight is 255 g/mol. The molecule has 0 radical (unpaired) electrons. The third-order valence-corrected chi connectivity index (χ3v) is 2.22. The zero-order valence-corrected chi connectivity index (χ0v) is 7.76. The van der Waals surface area contributed by atoms with Crippen LogP contribution in [0.2, 0.25) is 0 Å². The monoisotopic (exact) mass is 254 g/mol. The Morgan fingerprint density at radius 3 is 1.85 bits per heavy atom. The van der Waals surface area contributed by atoms with Gasteiger partial charge < -0.3 is 0 Å². The van der Waals surface area contributed by atoms with Gasteiger partial charge >= 0.3 is 0 Å². The van der Waals surface area contributed by atoms with Crippen LogP contribution < -0.4 is 0 Å². The van der Waals surface area contributed by atoms with E-state index in [0.717, 1.165) is 6.08 Å². The first kappa shape index (κ1) is 10.2. The summed E-state index contributed by atoms with van der Waals surface area (Å²) < 4.78 is 50.2. The van der Waals surface area contributed by atoms with Crippen molar-refractivity contribution in [3.8, 4) is 0 Å². The summed E-state index contributed by atoms with van der Waals surface area (Å²) in [5, 5.41) is 0. The van der Waals surface area contributed by atoms with Gasteiger partial charge in [-0.2, -0.15) is 0 Å². The summed E-state index contributed by atoms with van der Waals surface area (Å²) in [5.74, 6) is -6.60. The third-order valence-electron chi connectivity index (χ3n) is 1.45. The quantitative estimate of drug-likeness (QED) is 0.408. The molecule has 0 spiro atoms. The second-order valence-corrected chi connectivity index (χ2v) is 2.98. The molecule has 0 aliphatic heterocycles. The number of halogens is 5. The van der Waals surface area contributed by atoms with Crippen LogP contribution in [0.15, 0.2) is 11.1 Å². The molecule has 70 valence electrons. The van der Waals surface area contributed by atoms with Crippen molar-refractivity contribution in [1.82, 2.24) is 0 Å². The van der Waals surface area contributed by atoms with Crippen LogP contribution >= 0.6 is 15.9 Å². The molecule has 0 aliphatic rings. The van der Waals surface area contributed by atoms with E-state index in [1.54, 1.807) is 0 Å². The highest BCUT2D eigenvalue weighted by Crippen LogP contribution is 2.28. The topological polar surface area (TPSA) is 0 Å². The fourth-order valence-electron chi connectivity index (χ4n) is 0.801. The Balaban J connectivity index is 3.66. The summed E-state index contributed by atoms with van der Waals surface area (Å²) in [6.07, 6.45) is 0.894. The Hall–Kier alpha value is -0.840. The molecule has 0 saturated carbocycles. The molecular formula is C8H3BrF4. The molecule has 1 aromatic carbocycles. The van der Waals surface area contributed by atoms with Crippen molar-refractivity contribution in [2.24, 2.45) is 0 Å². The molecule has 0 unspecified atom stereocenters. The molecule has 0 aromatic heterocycles. The van der Waals surface area contributed by atoms with Crippen molar-refractivity contribution < 1.29 is 17.6 Å². The molecule has 1 rings (SSSR count). The number of hydrogen-bond donors (Lipinski definition) is 0. The summed E-state index contributed by atoms with van der Waals surface area (Å²) in [4.78, 5) is 0. The van der Waals surface area contributed by atoms with Gasteiger partial charge in [-0.25, -0.2) is 17.6 Å². The zero-order chi connectivity index (χ0) is 10.2. The van der Waals surface area contributed by atoms with Crippen LogP contribution in [0.25, 0.3) is 6.08 Å². The van der Waals surface area contributed by atoms with Gasteiger partial charge in [-0.15, -0.1) is 0 Å². The lowest BCUT2D eigenvalue weighted by Gasteiger charge is -2.04. The highest BCUT2D eigenvalue weighted by Gasteiger charge is 2.21. The van der Waals surface area contributed by atoms with E-state index in [2.05, 4.69) is 22.5 Å². The minimum absolute atomic E-state index is 0.434. The van der Waals surface area contributed by atoms with Crippen LogP contribution in [0.3, 0.4) is 0 Å². The van der Waals surface area contributed by atoms with Crippen molar-refractivity contribution in [2.75, 3.05) is 0 Å². The van der Waals surface area contributed by atoms with Gasteiger partial charge in [0.05, 0.1) is 4.47 Å². The molecule has 0 atom stereocenters. The highest BCUT2D eigenvalue weighted by atomic mass is 79.9. The highest BCUT2D eigenvalue weighted by molar-refractivity contribution is 9.10. The van der Waals surface area contributed by atoms with Crippen LogP contribution in [0.5, 0.6) is 0 Å². The Morgan fingerprint density at radius 1 is 0.923 bits per heavy atom. The first-order chi connectivity index (χ1) is 6.00. The second-order valence-electron chi connectivity index (χ2n) is 2.19. The molecule has 0 amide bonds. The van der Waals surface area contributed by atoms with Gasteiger partial charge in [0, 0.05) is 5.56 Å². The Bertz CT molecular complexity index is 344. The van der Waals surface area contributed by atoms with Crippen LogP contribution in [0.4, 0.5) is 17.6 Å². The Kier molecular flexibility index (Phi) is 2.75. The van der Waals surface area contributed by atoms with Crippen molar-refractivity contribution in [3.63, 3.8) is 0 Å². The van der Waals surface area contributed by atoms with Crippen molar-refractivity contribution in [3.05, 3.63) is 39.9 Å². The van der Waals surface area contributed by atoms with E-state index in [1.807, 2.05) is 0 Å². The normalized spacial score (nSPS) is 10.2. The standard InChI is InChI=1S/C8H3BrF4/c1-2-3-4(9)6(11)8(13)7(12)5(3)10/h2H,1H2. The summed E-state index contributed by atoms with van der Waals surface area (Å²) in [7, 11) is 0. The molecular weight excluding hydrogens is 252 g/mol. The maximum Gasteiger partial charge on any atom is 0.198 e. The largest absolute Gasteiger partial charge is 0.203 e. The Labute approximate surface area is 80.0 Å². The predicted octanol–water partition coefficient (Wildman–Crippen LogP) is 3.65. The van der Waals surface area contributed by atoms with Crippen molar-refractivity contribution in [2.45, 2.75) is 0 Å². The minimum atomic E-state index is -1.84. The molecule has 0 heterocycles.